The Bertz CT molecular complexity index is 453. The molecule has 0 amide bonds. The van der Waals surface area contributed by atoms with Crippen molar-refractivity contribution in [1.82, 2.24) is 0 Å². The van der Waals surface area contributed by atoms with Crippen molar-refractivity contribution in [2.24, 2.45) is 10.2 Å². The number of ether oxygens (including phenoxy) is 1. The molecule has 2 rings (SSSR count). The highest BCUT2D eigenvalue weighted by Crippen LogP contribution is 2.53. The van der Waals surface area contributed by atoms with E-state index in [0.717, 1.165) is 0 Å². The smallest absolute Gasteiger partial charge is 0.442 e. The number of benzene rings is 1. The molecule has 16 heavy (non-hydrogen) atoms. The van der Waals surface area contributed by atoms with Crippen LogP contribution >= 0.6 is 15.9 Å². The molecule has 3 nitrogen and oxygen atoms in total. The lowest BCUT2D eigenvalue weighted by atomic mass is 10.0. The molecule has 0 bridgehead atoms. The van der Waals surface area contributed by atoms with Gasteiger partial charge in [0.15, 0.2) is 0 Å². The minimum Gasteiger partial charge on any atom is -0.496 e. The quantitative estimate of drug-likeness (QED) is 0.820. The number of nitrogens with zero attached hydrogens (tertiary/aromatic N) is 2. The molecule has 0 saturated carbocycles. The van der Waals surface area contributed by atoms with Crippen LogP contribution in [0.2, 0.25) is 0 Å². The summed E-state index contributed by atoms with van der Waals surface area (Å²) >= 11 is 3.16. The Morgan fingerprint density at radius 2 is 1.94 bits per heavy atom. The van der Waals surface area contributed by atoms with E-state index in [4.69, 9.17) is 4.74 Å². The summed E-state index contributed by atoms with van der Waals surface area (Å²) in [7, 11) is 1.38. The van der Waals surface area contributed by atoms with Crippen molar-refractivity contribution in [1.29, 1.82) is 0 Å². The van der Waals surface area contributed by atoms with Gasteiger partial charge < -0.3 is 4.74 Å². The Labute approximate surface area is 97.4 Å². The maximum Gasteiger partial charge on any atom is 0.442 e. The molecule has 1 heterocycles. The Balaban J connectivity index is 2.43. The first kappa shape index (κ1) is 11.4. The molecule has 0 spiro atoms. The molecule has 0 radical (unpaired) electrons. The zero-order valence-corrected chi connectivity index (χ0v) is 9.63. The molecule has 0 fully saturated rings. The van der Waals surface area contributed by atoms with E-state index in [-0.39, 0.29) is 5.56 Å². The van der Waals surface area contributed by atoms with Gasteiger partial charge in [0.25, 0.3) is 0 Å². The van der Waals surface area contributed by atoms with Crippen LogP contribution in [-0.4, -0.2) is 13.3 Å². The van der Waals surface area contributed by atoms with E-state index in [0.29, 0.717) is 10.2 Å². The molecule has 0 atom stereocenters. The van der Waals surface area contributed by atoms with Gasteiger partial charge in [-0.05, 0) is 28.1 Å². The minimum atomic E-state index is -4.51. The van der Waals surface area contributed by atoms with Crippen LogP contribution in [0.5, 0.6) is 5.75 Å². The van der Waals surface area contributed by atoms with E-state index in [1.54, 1.807) is 0 Å². The second-order valence-corrected chi connectivity index (χ2v) is 4.07. The number of methoxy groups -OCH3 is 1. The summed E-state index contributed by atoms with van der Waals surface area (Å²) in [6, 6.07) is 4.07. The zero-order valence-electron chi connectivity index (χ0n) is 8.05. The van der Waals surface area contributed by atoms with Crippen LogP contribution < -0.4 is 4.74 Å². The maximum atomic E-state index is 12.7. The number of hydrogen-bond acceptors (Lipinski definition) is 3. The summed E-state index contributed by atoms with van der Waals surface area (Å²) in [6.07, 6.45) is -4.51. The van der Waals surface area contributed by atoms with Gasteiger partial charge in [0, 0.05) is 5.56 Å². The average molecular weight is 295 g/mol. The lowest BCUT2D eigenvalue weighted by molar-refractivity contribution is -0.166. The zero-order chi connectivity index (χ0) is 12.0. The van der Waals surface area contributed by atoms with Crippen molar-refractivity contribution in [2.75, 3.05) is 7.11 Å². The van der Waals surface area contributed by atoms with Gasteiger partial charge in [0.2, 0.25) is 0 Å². The summed E-state index contributed by atoms with van der Waals surface area (Å²) < 4.78 is 43.5. The van der Waals surface area contributed by atoms with Gasteiger partial charge in [0.05, 0.1) is 11.6 Å². The Morgan fingerprint density at radius 1 is 1.31 bits per heavy atom. The fourth-order valence-electron chi connectivity index (χ4n) is 1.32. The van der Waals surface area contributed by atoms with Gasteiger partial charge in [-0.25, -0.2) is 0 Å². The molecule has 0 aromatic heterocycles. The highest BCUT2D eigenvalue weighted by atomic mass is 79.9. The van der Waals surface area contributed by atoms with E-state index >= 15 is 0 Å². The van der Waals surface area contributed by atoms with Crippen LogP contribution in [0.1, 0.15) is 5.56 Å². The van der Waals surface area contributed by atoms with Crippen LogP contribution in [0, 0.1) is 0 Å². The van der Waals surface area contributed by atoms with Gasteiger partial charge in [-0.3, -0.25) is 0 Å². The van der Waals surface area contributed by atoms with Crippen LogP contribution in [0.4, 0.5) is 13.2 Å². The average Bonchev–Trinajstić information content (AvgIpc) is 2.98. The SMILES string of the molecule is COc1cc(C2(C(F)(F)F)N=N2)ccc1Br. The molecular weight excluding hydrogens is 289 g/mol. The third-order valence-electron chi connectivity index (χ3n) is 2.25. The van der Waals surface area contributed by atoms with Crippen LogP contribution in [0.15, 0.2) is 32.9 Å². The lowest BCUT2D eigenvalue weighted by Crippen LogP contribution is -2.30. The molecule has 0 saturated heterocycles. The van der Waals surface area contributed by atoms with Crippen LogP contribution in [0.3, 0.4) is 0 Å². The molecule has 0 unspecified atom stereocenters. The highest BCUT2D eigenvalue weighted by molar-refractivity contribution is 9.10. The first-order valence-electron chi connectivity index (χ1n) is 4.25. The summed E-state index contributed by atoms with van der Waals surface area (Å²) in [4.78, 5) is 0. The van der Waals surface area contributed by atoms with Crippen molar-refractivity contribution in [2.45, 2.75) is 11.8 Å². The van der Waals surface area contributed by atoms with E-state index in [9.17, 15) is 13.2 Å². The molecule has 1 aromatic rings. The summed E-state index contributed by atoms with van der Waals surface area (Å²) in [5.41, 5.74) is -2.43. The normalized spacial score (nSPS) is 17.3. The second kappa shape index (κ2) is 3.44. The monoisotopic (exact) mass is 294 g/mol. The van der Waals surface area contributed by atoms with Crippen molar-refractivity contribution in [3.8, 4) is 5.75 Å². The highest BCUT2D eigenvalue weighted by Gasteiger charge is 2.65. The van der Waals surface area contributed by atoms with E-state index < -0.39 is 11.8 Å². The first-order chi connectivity index (χ1) is 7.40. The first-order valence-corrected chi connectivity index (χ1v) is 5.05. The van der Waals surface area contributed by atoms with Gasteiger partial charge in [-0.15, -0.1) is 10.2 Å². The summed E-state index contributed by atoms with van der Waals surface area (Å²) in [5, 5.41) is 6.22. The summed E-state index contributed by atoms with van der Waals surface area (Å²) in [6.45, 7) is 0. The molecule has 1 aliphatic rings. The third kappa shape index (κ3) is 1.59. The van der Waals surface area contributed by atoms with Crippen molar-refractivity contribution in [3.05, 3.63) is 28.2 Å². The van der Waals surface area contributed by atoms with Gasteiger partial charge >= 0.3 is 11.8 Å². The van der Waals surface area contributed by atoms with Gasteiger partial charge in [0.1, 0.15) is 5.75 Å². The number of hydrogen-bond donors (Lipinski definition) is 0. The number of rotatable bonds is 2. The Kier molecular flexibility index (Phi) is 2.45. The van der Waals surface area contributed by atoms with Crippen molar-refractivity contribution in [3.63, 3.8) is 0 Å². The predicted molar refractivity (Wildman–Crippen MR) is 53.3 cm³/mol. The molecule has 0 N–H and O–H groups in total. The molecule has 1 aromatic carbocycles. The number of halogens is 4. The standard InChI is InChI=1S/C9H6BrF3N2O/c1-16-7-4-5(2-3-6(7)10)8(14-15-8)9(11,12)13/h2-4H,1H3. The molecule has 86 valence electrons. The molecule has 1 aliphatic heterocycles. The van der Waals surface area contributed by atoms with Crippen LogP contribution in [0.25, 0.3) is 0 Å². The van der Waals surface area contributed by atoms with Crippen LogP contribution in [-0.2, 0) is 5.66 Å². The summed E-state index contributed by atoms with van der Waals surface area (Å²) in [5.74, 6) is 0.318. The number of alkyl halides is 3. The largest absolute Gasteiger partial charge is 0.496 e. The van der Waals surface area contributed by atoms with E-state index in [1.165, 1.54) is 25.3 Å². The third-order valence-corrected chi connectivity index (χ3v) is 2.90. The lowest BCUT2D eigenvalue weighted by Gasteiger charge is -2.15. The van der Waals surface area contributed by atoms with E-state index in [1.807, 2.05) is 0 Å². The topological polar surface area (TPSA) is 34.0 Å². The van der Waals surface area contributed by atoms with Crippen molar-refractivity contribution < 1.29 is 17.9 Å². The predicted octanol–water partition coefficient (Wildman–Crippen LogP) is 3.64. The molecule has 7 heteroatoms. The minimum absolute atomic E-state index is 0.0416. The Hall–Kier alpha value is -1.11. The second-order valence-electron chi connectivity index (χ2n) is 3.22. The fraction of sp³-hybridized carbons (Fsp3) is 0.333. The fourth-order valence-corrected chi connectivity index (χ4v) is 1.73. The van der Waals surface area contributed by atoms with Crippen molar-refractivity contribution >= 4 is 15.9 Å². The Morgan fingerprint density at radius 3 is 2.38 bits per heavy atom. The maximum absolute atomic E-state index is 12.7. The molecule has 0 aliphatic carbocycles. The van der Waals surface area contributed by atoms with Gasteiger partial charge in [-0.2, -0.15) is 13.2 Å². The van der Waals surface area contributed by atoms with Gasteiger partial charge in [-0.1, -0.05) is 6.07 Å². The molecular formula is C9H6BrF3N2O. The van der Waals surface area contributed by atoms with E-state index in [2.05, 4.69) is 26.2 Å².